The average molecular weight is 629 g/mol. The number of carbonyl (C=O) groups is 4. The largest absolute Gasteiger partial charge is 0.508 e. The highest BCUT2D eigenvalue weighted by Gasteiger charge is 2.30. The van der Waals surface area contributed by atoms with Crippen molar-refractivity contribution in [2.24, 2.45) is 27.9 Å². The maximum Gasteiger partial charge on any atom is 0.326 e. The fourth-order valence-corrected chi connectivity index (χ4v) is 4.40. The molecule has 45 heavy (non-hydrogen) atoms. The Hall–Kier alpha value is -4.89. The number of nitrogens with one attached hydrogen (secondary N) is 3. The van der Waals surface area contributed by atoms with E-state index in [1.807, 2.05) is 0 Å². The third-order valence-electron chi connectivity index (χ3n) is 6.88. The second kappa shape index (κ2) is 18.7. The van der Waals surface area contributed by atoms with E-state index < -0.39 is 47.9 Å². The Morgan fingerprint density at radius 1 is 0.689 bits per heavy atom. The molecule has 0 aromatic heterocycles. The molecule has 4 atom stereocenters. The van der Waals surface area contributed by atoms with Gasteiger partial charge in [0.2, 0.25) is 17.7 Å². The first kappa shape index (κ1) is 36.3. The summed E-state index contributed by atoms with van der Waals surface area (Å²) < 4.78 is 0. The van der Waals surface area contributed by atoms with Gasteiger partial charge in [0.25, 0.3) is 0 Å². The molecule has 2 rings (SSSR count). The molecule has 0 saturated heterocycles. The van der Waals surface area contributed by atoms with Gasteiger partial charge in [-0.2, -0.15) is 0 Å². The van der Waals surface area contributed by atoms with Gasteiger partial charge in [-0.25, -0.2) is 4.79 Å². The number of nitrogens with two attached hydrogens (primary N) is 4. The number of carbonyl (C=O) groups excluding carboxylic acids is 3. The lowest BCUT2D eigenvalue weighted by Gasteiger charge is -2.25. The van der Waals surface area contributed by atoms with Crippen molar-refractivity contribution in [3.63, 3.8) is 0 Å². The van der Waals surface area contributed by atoms with Gasteiger partial charge >= 0.3 is 5.97 Å². The summed E-state index contributed by atoms with van der Waals surface area (Å²) in [5.74, 6) is -3.38. The Morgan fingerprint density at radius 3 is 1.71 bits per heavy atom. The third-order valence-corrected chi connectivity index (χ3v) is 6.88. The van der Waals surface area contributed by atoms with Crippen LogP contribution in [-0.4, -0.2) is 82.2 Å². The molecule has 3 amide bonds. The van der Waals surface area contributed by atoms with Crippen LogP contribution in [0.25, 0.3) is 0 Å². The Morgan fingerprint density at radius 2 is 1.18 bits per heavy atom. The Bertz CT molecular complexity index is 1280. The van der Waals surface area contributed by atoms with E-state index in [2.05, 4.69) is 20.9 Å². The van der Waals surface area contributed by atoms with Gasteiger partial charge in [-0.1, -0.05) is 24.3 Å². The standard InChI is InChI=1S/C30H44N8O7/c31-14-2-1-4-23(36-26(41)22(32)16-18-6-10-20(39)11-7-18)27(42)38-25(17-19-8-12-21(40)13-9-19)28(43)37-24(29(44)45)5-3-15-35-30(33)34/h6-13,22-25,39-40H,1-5,14-17,31-32H2,(H,36,41)(H,37,43)(H,38,42)(H,44,45)(H4,33,34,35). The van der Waals surface area contributed by atoms with Crippen LogP contribution in [0.1, 0.15) is 43.2 Å². The van der Waals surface area contributed by atoms with Crippen LogP contribution in [0.2, 0.25) is 0 Å². The Labute approximate surface area is 261 Å². The van der Waals surface area contributed by atoms with Crippen molar-refractivity contribution in [2.45, 2.75) is 69.1 Å². The van der Waals surface area contributed by atoms with Crippen LogP contribution in [-0.2, 0) is 32.0 Å². The number of benzene rings is 2. The van der Waals surface area contributed by atoms with Crippen molar-refractivity contribution >= 4 is 29.7 Å². The predicted molar refractivity (Wildman–Crippen MR) is 168 cm³/mol. The normalized spacial score (nSPS) is 13.5. The minimum atomic E-state index is -1.29. The van der Waals surface area contributed by atoms with E-state index in [1.54, 1.807) is 24.3 Å². The molecular formula is C30H44N8O7. The molecule has 0 fully saturated rings. The van der Waals surface area contributed by atoms with Crippen LogP contribution in [0, 0.1) is 0 Å². The maximum atomic E-state index is 13.5. The number of unbranched alkanes of at least 4 members (excludes halogenated alkanes) is 1. The predicted octanol–water partition coefficient (Wildman–Crippen LogP) is -1.07. The molecule has 0 radical (unpaired) electrons. The number of carboxylic acid groups (broad SMARTS) is 1. The van der Waals surface area contributed by atoms with E-state index in [0.29, 0.717) is 30.5 Å². The molecular weight excluding hydrogens is 584 g/mol. The second-order valence-corrected chi connectivity index (χ2v) is 10.6. The van der Waals surface area contributed by atoms with Crippen molar-refractivity contribution in [3.8, 4) is 11.5 Å². The van der Waals surface area contributed by atoms with E-state index in [9.17, 15) is 34.5 Å². The first-order valence-corrected chi connectivity index (χ1v) is 14.6. The van der Waals surface area contributed by atoms with E-state index >= 15 is 0 Å². The number of phenols is 2. The molecule has 0 heterocycles. The lowest BCUT2D eigenvalue weighted by molar-refractivity contribution is -0.142. The number of guanidine groups is 1. The first-order chi connectivity index (χ1) is 21.4. The van der Waals surface area contributed by atoms with Crippen LogP contribution < -0.4 is 38.9 Å². The smallest absolute Gasteiger partial charge is 0.326 e. The van der Waals surface area contributed by atoms with Gasteiger partial charge in [0.05, 0.1) is 6.04 Å². The van der Waals surface area contributed by atoms with E-state index in [1.165, 1.54) is 24.3 Å². The van der Waals surface area contributed by atoms with E-state index in [0.717, 1.165) is 0 Å². The molecule has 2 aromatic rings. The lowest BCUT2D eigenvalue weighted by atomic mass is 10.0. The van der Waals surface area contributed by atoms with Crippen molar-refractivity contribution in [1.82, 2.24) is 16.0 Å². The summed E-state index contributed by atoms with van der Waals surface area (Å²) in [6.45, 7) is 0.531. The van der Waals surface area contributed by atoms with Gasteiger partial charge in [-0.3, -0.25) is 19.4 Å². The van der Waals surface area contributed by atoms with E-state index in [4.69, 9.17) is 22.9 Å². The van der Waals surface area contributed by atoms with Gasteiger partial charge < -0.3 is 54.2 Å². The Kier molecular flexibility index (Phi) is 15.1. The summed E-state index contributed by atoms with van der Waals surface area (Å²) >= 11 is 0. The number of phenolic OH excluding ortho intramolecular Hbond substituents is 2. The highest BCUT2D eigenvalue weighted by Crippen LogP contribution is 2.14. The minimum absolute atomic E-state index is 0.00169. The number of aromatic hydroxyl groups is 2. The zero-order valence-electron chi connectivity index (χ0n) is 25.0. The molecule has 246 valence electrons. The number of hydrogen-bond donors (Lipinski definition) is 10. The summed E-state index contributed by atoms with van der Waals surface area (Å²) in [7, 11) is 0. The lowest BCUT2D eigenvalue weighted by Crippen LogP contribution is -2.57. The van der Waals surface area contributed by atoms with Crippen molar-refractivity contribution in [1.29, 1.82) is 0 Å². The number of nitrogens with zero attached hydrogens (tertiary/aromatic N) is 1. The summed E-state index contributed by atoms with van der Waals surface area (Å²) in [5, 5.41) is 36.6. The number of aliphatic imine (C=N–C) groups is 1. The fourth-order valence-electron chi connectivity index (χ4n) is 4.40. The van der Waals surface area contributed by atoms with E-state index in [-0.39, 0.29) is 56.1 Å². The van der Waals surface area contributed by atoms with Crippen LogP contribution in [0.5, 0.6) is 11.5 Å². The number of hydrogen-bond acceptors (Lipinski definition) is 9. The molecule has 0 aliphatic heterocycles. The van der Waals surface area contributed by atoms with Crippen LogP contribution in [0.4, 0.5) is 0 Å². The molecule has 0 aliphatic rings. The van der Waals surface area contributed by atoms with Gasteiger partial charge in [0.15, 0.2) is 5.96 Å². The Balaban J connectivity index is 2.22. The first-order valence-electron chi connectivity index (χ1n) is 14.6. The monoisotopic (exact) mass is 628 g/mol. The van der Waals surface area contributed by atoms with Gasteiger partial charge in [0.1, 0.15) is 29.6 Å². The topological polar surface area (TPSA) is 282 Å². The van der Waals surface area contributed by atoms with Crippen molar-refractivity contribution in [2.75, 3.05) is 13.1 Å². The summed E-state index contributed by atoms with van der Waals surface area (Å²) in [6, 6.07) is 7.57. The average Bonchev–Trinajstić information content (AvgIpc) is 2.99. The molecule has 4 unspecified atom stereocenters. The maximum absolute atomic E-state index is 13.5. The third kappa shape index (κ3) is 13.5. The number of carboxylic acids is 1. The SMILES string of the molecule is NCCCCC(NC(=O)C(N)Cc1ccc(O)cc1)C(=O)NC(Cc1ccc(O)cc1)C(=O)NC(CCCN=C(N)N)C(=O)O. The van der Waals surface area contributed by atoms with Crippen LogP contribution >= 0.6 is 0 Å². The number of aliphatic carboxylic acids is 1. The molecule has 2 aromatic carbocycles. The summed E-state index contributed by atoms with van der Waals surface area (Å²) in [4.78, 5) is 55.7. The summed E-state index contributed by atoms with van der Waals surface area (Å²) in [5.41, 5.74) is 23.6. The minimum Gasteiger partial charge on any atom is -0.508 e. The quantitative estimate of drug-likeness (QED) is 0.0508. The molecule has 0 spiro atoms. The molecule has 15 nitrogen and oxygen atoms in total. The molecule has 0 bridgehead atoms. The van der Waals surface area contributed by atoms with Crippen molar-refractivity contribution < 1.29 is 34.5 Å². The highest BCUT2D eigenvalue weighted by molar-refractivity contribution is 5.94. The molecule has 0 aliphatic carbocycles. The highest BCUT2D eigenvalue weighted by atomic mass is 16.4. The molecule has 14 N–H and O–H groups in total. The van der Waals surface area contributed by atoms with Gasteiger partial charge in [-0.15, -0.1) is 0 Å². The summed E-state index contributed by atoms with van der Waals surface area (Å²) in [6.07, 6.45) is 1.68. The zero-order chi connectivity index (χ0) is 33.4. The molecule has 15 heteroatoms. The number of rotatable bonds is 19. The van der Waals surface area contributed by atoms with Crippen LogP contribution in [0.3, 0.4) is 0 Å². The second-order valence-electron chi connectivity index (χ2n) is 10.6. The number of amides is 3. The van der Waals surface area contributed by atoms with Gasteiger partial charge in [-0.05, 0) is 80.5 Å². The van der Waals surface area contributed by atoms with Gasteiger partial charge in [0, 0.05) is 13.0 Å². The fraction of sp³-hybridized carbons (Fsp3) is 0.433. The van der Waals surface area contributed by atoms with Crippen molar-refractivity contribution in [3.05, 3.63) is 59.7 Å². The van der Waals surface area contributed by atoms with Crippen LogP contribution in [0.15, 0.2) is 53.5 Å². The molecule has 0 saturated carbocycles. The zero-order valence-corrected chi connectivity index (χ0v) is 25.0.